The average molecular weight is 173 g/mol. The molecule has 66 valence electrons. The molecule has 0 saturated carbocycles. The van der Waals surface area contributed by atoms with E-state index in [4.69, 9.17) is 5.26 Å². The Morgan fingerprint density at radius 3 is 2.92 bits per heavy atom. The molecule has 1 aliphatic rings. The fourth-order valence-corrected chi connectivity index (χ4v) is 1.87. The van der Waals surface area contributed by atoms with Gasteiger partial charge in [0, 0.05) is 0 Å². The van der Waals surface area contributed by atoms with Crippen molar-refractivity contribution >= 4 is 0 Å². The van der Waals surface area contributed by atoms with Crippen molar-refractivity contribution in [1.29, 1.82) is 5.26 Å². The van der Waals surface area contributed by atoms with Crippen molar-refractivity contribution in [1.82, 2.24) is 0 Å². The molecule has 1 aliphatic carbocycles. The van der Waals surface area contributed by atoms with Crippen molar-refractivity contribution in [3.63, 3.8) is 0 Å². The molecule has 0 unspecified atom stereocenters. The number of aryl methyl sites for hydroxylation is 1. The molecular formula is C11H11NO. The van der Waals surface area contributed by atoms with E-state index in [1.54, 1.807) is 0 Å². The first kappa shape index (κ1) is 8.28. The molecule has 0 radical (unpaired) electrons. The fourth-order valence-electron chi connectivity index (χ4n) is 1.87. The summed E-state index contributed by atoms with van der Waals surface area (Å²) >= 11 is 0. The molecular weight excluding hydrogens is 162 g/mol. The number of fused-ring (bicyclic) bond motifs is 1. The predicted molar refractivity (Wildman–Crippen MR) is 48.8 cm³/mol. The standard InChI is InChI=1S/C11H11NO/c12-7-9-6-5-8-3-1-2-4-10(8)11(9)13/h1-4,9,11,13H,5-6H2/t9-,11+/m1/s1. The van der Waals surface area contributed by atoms with Gasteiger partial charge in [0.15, 0.2) is 0 Å². The van der Waals surface area contributed by atoms with E-state index in [2.05, 4.69) is 6.07 Å². The van der Waals surface area contributed by atoms with Crippen LogP contribution in [0.3, 0.4) is 0 Å². The zero-order valence-electron chi connectivity index (χ0n) is 7.27. The minimum Gasteiger partial charge on any atom is -0.387 e. The van der Waals surface area contributed by atoms with Crippen molar-refractivity contribution in [3.05, 3.63) is 35.4 Å². The van der Waals surface area contributed by atoms with Gasteiger partial charge in [0.2, 0.25) is 0 Å². The van der Waals surface area contributed by atoms with Gasteiger partial charge in [-0.2, -0.15) is 5.26 Å². The molecule has 2 heteroatoms. The Bertz CT molecular complexity index is 353. The number of nitrogens with zero attached hydrogens (tertiary/aromatic N) is 1. The highest BCUT2D eigenvalue weighted by Gasteiger charge is 2.26. The van der Waals surface area contributed by atoms with E-state index in [1.807, 2.05) is 24.3 Å². The van der Waals surface area contributed by atoms with Crippen molar-refractivity contribution in [2.45, 2.75) is 18.9 Å². The second kappa shape index (κ2) is 3.20. The molecule has 0 heterocycles. The quantitative estimate of drug-likeness (QED) is 0.650. The first-order valence-corrected chi connectivity index (χ1v) is 4.48. The van der Waals surface area contributed by atoms with Crippen LogP contribution in [0.1, 0.15) is 23.7 Å². The summed E-state index contributed by atoms with van der Waals surface area (Å²) in [6, 6.07) is 9.95. The molecule has 13 heavy (non-hydrogen) atoms. The summed E-state index contributed by atoms with van der Waals surface area (Å²) in [5.41, 5.74) is 2.11. The van der Waals surface area contributed by atoms with Crippen molar-refractivity contribution in [2.24, 2.45) is 5.92 Å². The molecule has 2 rings (SSSR count). The third-order valence-corrected chi connectivity index (χ3v) is 2.65. The Morgan fingerprint density at radius 2 is 2.15 bits per heavy atom. The third-order valence-electron chi connectivity index (χ3n) is 2.65. The molecule has 0 amide bonds. The summed E-state index contributed by atoms with van der Waals surface area (Å²) < 4.78 is 0. The van der Waals surface area contributed by atoms with Crippen LogP contribution in [-0.2, 0) is 6.42 Å². The fraction of sp³-hybridized carbons (Fsp3) is 0.364. The van der Waals surface area contributed by atoms with Gasteiger partial charge in [-0.25, -0.2) is 0 Å². The summed E-state index contributed by atoms with van der Waals surface area (Å²) in [7, 11) is 0. The first-order valence-electron chi connectivity index (χ1n) is 4.48. The maximum atomic E-state index is 9.80. The van der Waals surface area contributed by atoms with Crippen LogP contribution >= 0.6 is 0 Å². The maximum absolute atomic E-state index is 9.80. The molecule has 1 aromatic carbocycles. The lowest BCUT2D eigenvalue weighted by atomic mass is 9.82. The van der Waals surface area contributed by atoms with E-state index >= 15 is 0 Å². The van der Waals surface area contributed by atoms with E-state index in [-0.39, 0.29) is 5.92 Å². The number of rotatable bonds is 0. The normalized spacial score (nSPS) is 26.2. The highest BCUT2D eigenvalue weighted by atomic mass is 16.3. The highest BCUT2D eigenvalue weighted by Crippen LogP contribution is 2.33. The predicted octanol–water partition coefficient (Wildman–Crippen LogP) is 1.81. The molecule has 0 aliphatic heterocycles. The Balaban J connectivity index is 2.40. The van der Waals surface area contributed by atoms with Crippen LogP contribution in [0, 0.1) is 17.2 Å². The highest BCUT2D eigenvalue weighted by molar-refractivity contribution is 5.32. The second-order valence-corrected chi connectivity index (χ2v) is 3.42. The van der Waals surface area contributed by atoms with Gasteiger partial charge in [-0.05, 0) is 24.0 Å². The van der Waals surface area contributed by atoms with Crippen LogP contribution in [0.5, 0.6) is 0 Å². The largest absolute Gasteiger partial charge is 0.387 e. The van der Waals surface area contributed by atoms with Gasteiger partial charge in [-0.1, -0.05) is 24.3 Å². The van der Waals surface area contributed by atoms with Crippen LogP contribution in [0.15, 0.2) is 24.3 Å². The Kier molecular flexibility index (Phi) is 2.03. The van der Waals surface area contributed by atoms with Gasteiger partial charge >= 0.3 is 0 Å². The van der Waals surface area contributed by atoms with Gasteiger partial charge < -0.3 is 5.11 Å². The summed E-state index contributed by atoms with van der Waals surface area (Å²) in [5.74, 6) is -0.227. The van der Waals surface area contributed by atoms with Crippen LogP contribution in [0.25, 0.3) is 0 Å². The first-order chi connectivity index (χ1) is 6.33. The zero-order chi connectivity index (χ0) is 9.26. The second-order valence-electron chi connectivity index (χ2n) is 3.42. The summed E-state index contributed by atoms with van der Waals surface area (Å²) in [5, 5.41) is 18.6. The van der Waals surface area contributed by atoms with Crippen LogP contribution < -0.4 is 0 Å². The summed E-state index contributed by atoms with van der Waals surface area (Å²) in [6.45, 7) is 0. The van der Waals surface area contributed by atoms with E-state index in [1.165, 1.54) is 5.56 Å². The Morgan fingerprint density at radius 1 is 1.38 bits per heavy atom. The van der Waals surface area contributed by atoms with E-state index in [9.17, 15) is 5.11 Å². The van der Waals surface area contributed by atoms with E-state index in [0.29, 0.717) is 0 Å². The van der Waals surface area contributed by atoms with Gasteiger partial charge in [0.25, 0.3) is 0 Å². The lowest BCUT2D eigenvalue weighted by Crippen LogP contribution is -2.18. The van der Waals surface area contributed by atoms with E-state index < -0.39 is 6.10 Å². The maximum Gasteiger partial charge on any atom is 0.0950 e. The van der Waals surface area contributed by atoms with Crippen molar-refractivity contribution < 1.29 is 5.11 Å². The lowest BCUT2D eigenvalue weighted by Gasteiger charge is -2.25. The smallest absolute Gasteiger partial charge is 0.0950 e. The number of hydrogen-bond donors (Lipinski definition) is 1. The Labute approximate surface area is 77.4 Å². The molecule has 0 saturated heterocycles. The van der Waals surface area contributed by atoms with Gasteiger partial charge in [0.05, 0.1) is 18.1 Å². The zero-order valence-corrected chi connectivity index (χ0v) is 7.27. The van der Waals surface area contributed by atoms with Crippen LogP contribution in [0.2, 0.25) is 0 Å². The minimum atomic E-state index is -0.588. The minimum absolute atomic E-state index is 0.227. The number of hydrogen-bond acceptors (Lipinski definition) is 2. The molecule has 2 atom stereocenters. The molecule has 0 bridgehead atoms. The van der Waals surface area contributed by atoms with Crippen LogP contribution in [0.4, 0.5) is 0 Å². The van der Waals surface area contributed by atoms with Crippen molar-refractivity contribution in [2.75, 3.05) is 0 Å². The number of aliphatic hydroxyl groups excluding tert-OH is 1. The molecule has 2 nitrogen and oxygen atoms in total. The van der Waals surface area contributed by atoms with Gasteiger partial charge in [-0.15, -0.1) is 0 Å². The average Bonchev–Trinajstić information content (AvgIpc) is 2.19. The SMILES string of the molecule is N#C[C@H]1CCc2ccccc2[C@H]1O. The van der Waals surface area contributed by atoms with Crippen LogP contribution in [-0.4, -0.2) is 5.11 Å². The number of aliphatic hydroxyl groups is 1. The number of benzene rings is 1. The summed E-state index contributed by atoms with van der Waals surface area (Å²) in [4.78, 5) is 0. The topological polar surface area (TPSA) is 44.0 Å². The van der Waals surface area contributed by atoms with Crippen molar-refractivity contribution in [3.8, 4) is 6.07 Å². The molecule has 1 aromatic rings. The molecule has 0 fully saturated rings. The molecule has 1 N–H and O–H groups in total. The van der Waals surface area contributed by atoms with E-state index in [0.717, 1.165) is 18.4 Å². The van der Waals surface area contributed by atoms with Gasteiger partial charge in [0.1, 0.15) is 0 Å². The lowest BCUT2D eigenvalue weighted by molar-refractivity contribution is 0.121. The van der Waals surface area contributed by atoms with Gasteiger partial charge in [-0.3, -0.25) is 0 Å². The number of nitriles is 1. The summed E-state index contributed by atoms with van der Waals surface area (Å²) in [6.07, 6.45) is 1.09. The molecule has 0 spiro atoms. The monoisotopic (exact) mass is 173 g/mol. The Hall–Kier alpha value is -1.33. The molecule has 0 aromatic heterocycles. The third kappa shape index (κ3) is 1.32.